The first-order valence-electron chi connectivity index (χ1n) is 6.47. The van der Waals surface area contributed by atoms with Crippen LogP contribution in [0.4, 0.5) is 0 Å². The molecule has 1 atom stereocenters. The van der Waals surface area contributed by atoms with Gasteiger partial charge in [0.15, 0.2) is 0 Å². The molecule has 2 N–H and O–H groups in total. The number of hydrogen-bond donors (Lipinski definition) is 1. The van der Waals surface area contributed by atoms with Crippen molar-refractivity contribution in [2.24, 2.45) is 11.7 Å². The molecule has 2 heteroatoms. The molecule has 0 fully saturated rings. The highest BCUT2D eigenvalue weighted by Gasteiger charge is 2.29. The van der Waals surface area contributed by atoms with Gasteiger partial charge in [-0.2, -0.15) is 0 Å². The molecule has 0 radical (unpaired) electrons. The zero-order valence-electron chi connectivity index (χ0n) is 11.3. The van der Waals surface area contributed by atoms with Gasteiger partial charge in [-0.05, 0) is 32.2 Å². The minimum Gasteiger partial charge on any atom is -0.329 e. The Morgan fingerprint density at radius 3 is 2.07 bits per heavy atom. The fourth-order valence-electron chi connectivity index (χ4n) is 2.48. The van der Waals surface area contributed by atoms with Crippen LogP contribution in [-0.4, -0.2) is 30.6 Å². The maximum atomic E-state index is 5.94. The van der Waals surface area contributed by atoms with E-state index in [1.165, 1.54) is 19.4 Å². The molecule has 1 unspecified atom stereocenters. The monoisotopic (exact) mass is 214 g/mol. The molecule has 0 bridgehead atoms. The van der Waals surface area contributed by atoms with Crippen LogP contribution in [0.5, 0.6) is 0 Å². The van der Waals surface area contributed by atoms with Crippen LogP contribution in [0, 0.1) is 5.92 Å². The Morgan fingerprint density at radius 1 is 1.20 bits per heavy atom. The second-order valence-electron chi connectivity index (χ2n) is 4.91. The highest BCUT2D eigenvalue weighted by Crippen LogP contribution is 2.23. The van der Waals surface area contributed by atoms with Crippen molar-refractivity contribution < 1.29 is 0 Å². The topological polar surface area (TPSA) is 29.3 Å². The van der Waals surface area contributed by atoms with Crippen LogP contribution < -0.4 is 5.73 Å². The first-order chi connectivity index (χ1) is 7.06. The molecule has 0 aliphatic heterocycles. The maximum Gasteiger partial charge on any atom is 0.0323 e. The summed E-state index contributed by atoms with van der Waals surface area (Å²) in [5.41, 5.74) is 6.16. The summed E-state index contributed by atoms with van der Waals surface area (Å²) in [5.74, 6) is 0.782. The van der Waals surface area contributed by atoms with Crippen molar-refractivity contribution >= 4 is 0 Å². The summed E-state index contributed by atoms with van der Waals surface area (Å²) in [6.07, 6.45) is 4.89. The van der Waals surface area contributed by atoms with Gasteiger partial charge in [-0.25, -0.2) is 0 Å². The molecule has 0 heterocycles. The quantitative estimate of drug-likeness (QED) is 0.673. The van der Waals surface area contributed by atoms with E-state index in [0.29, 0.717) is 0 Å². The Bertz CT molecular complexity index is 144. The molecule has 0 saturated carbocycles. The van der Waals surface area contributed by atoms with Crippen LogP contribution in [-0.2, 0) is 0 Å². The van der Waals surface area contributed by atoms with Crippen LogP contribution in [0.15, 0.2) is 0 Å². The molecule has 0 aliphatic rings. The minimum atomic E-state index is 0.224. The molecule has 0 aromatic carbocycles. The van der Waals surface area contributed by atoms with Crippen molar-refractivity contribution in [3.05, 3.63) is 0 Å². The van der Waals surface area contributed by atoms with E-state index in [2.05, 4.69) is 39.6 Å². The molecule has 0 aromatic rings. The van der Waals surface area contributed by atoms with Gasteiger partial charge >= 0.3 is 0 Å². The third-order valence-corrected chi connectivity index (χ3v) is 3.87. The maximum absolute atomic E-state index is 5.94. The first-order valence-corrected chi connectivity index (χ1v) is 6.47. The highest BCUT2D eigenvalue weighted by atomic mass is 15.2. The van der Waals surface area contributed by atoms with Gasteiger partial charge in [-0.15, -0.1) is 0 Å². The van der Waals surface area contributed by atoms with Crippen molar-refractivity contribution in [3.8, 4) is 0 Å². The van der Waals surface area contributed by atoms with Crippen LogP contribution in [0.2, 0.25) is 0 Å². The lowest BCUT2D eigenvalue weighted by atomic mass is 9.90. The summed E-state index contributed by atoms with van der Waals surface area (Å²) in [6.45, 7) is 11.0. The third kappa shape index (κ3) is 4.12. The number of likely N-dealkylation sites (N-methyl/N-ethyl adjacent to an activating group) is 1. The summed E-state index contributed by atoms with van der Waals surface area (Å²) in [7, 11) is 2.23. The van der Waals surface area contributed by atoms with E-state index < -0.39 is 0 Å². The second-order valence-corrected chi connectivity index (χ2v) is 4.91. The van der Waals surface area contributed by atoms with Gasteiger partial charge in [0.25, 0.3) is 0 Å². The van der Waals surface area contributed by atoms with Crippen molar-refractivity contribution in [1.82, 2.24) is 4.90 Å². The van der Waals surface area contributed by atoms with E-state index in [-0.39, 0.29) is 5.54 Å². The van der Waals surface area contributed by atoms with E-state index in [4.69, 9.17) is 5.73 Å². The average Bonchev–Trinajstić information content (AvgIpc) is 2.21. The Balaban J connectivity index is 4.31. The zero-order chi connectivity index (χ0) is 11.9. The second kappa shape index (κ2) is 7.24. The van der Waals surface area contributed by atoms with E-state index in [9.17, 15) is 0 Å². The Hall–Kier alpha value is -0.0800. The summed E-state index contributed by atoms with van der Waals surface area (Å²) in [4.78, 5) is 2.48. The number of nitrogens with zero attached hydrogens (tertiary/aromatic N) is 1. The molecule has 0 rings (SSSR count). The SMILES string of the molecule is CCCC(C)CN(C)C(CC)(CC)CN. The molecular formula is C13H30N2. The summed E-state index contributed by atoms with van der Waals surface area (Å²) < 4.78 is 0. The van der Waals surface area contributed by atoms with Crippen LogP contribution in [0.3, 0.4) is 0 Å². The summed E-state index contributed by atoms with van der Waals surface area (Å²) >= 11 is 0. The fraction of sp³-hybridized carbons (Fsp3) is 1.00. The van der Waals surface area contributed by atoms with Crippen LogP contribution >= 0.6 is 0 Å². The molecule has 0 aliphatic carbocycles. The zero-order valence-corrected chi connectivity index (χ0v) is 11.3. The Labute approximate surface area is 96.2 Å². The number of nitrogens with two attached hydrogens (primary N) is 1. The number of hydrogen-bond acceptors (Lipinski definition) is 2. The van der Waals surface area contributed by atoms with Crippen molar-refractivity contribution in [1.29, 1.82) is 0 Å². The number of rotatable bonds is 8. The summed E-state index contributed by atoms with van der Waals surface area (Å²) in [5, 5.41) is 0. The van der Waals surface area contributed by atoms with E-state index in [1.807, 2.05) is 0 Å². The lowest BCUT2D eigenvalue weighted by Crippen LogP contribution is -2.52. The Kier molecular flexibility index (Phi) is 7.20. The molecule has 92 valence electrons. The molecule has 15 heavy (non-hydrogen) atoms. The van der Waals surface area contributed by atoms with E-state index in [1.54, 1.807) is 0 Å². The minimum absolute atomic E-state index is 0.224. The van der Waals surface area contributed by atoms with Gasteiger partial charge < -0.3 is 5.73 Å². The third-order valence-electron chi connectivity index (χ3n) is 3.87. The fourth-order valence-corrected chi connectivity index (χ4v) is 2.48. The predicted molar refractivity (Wildman–Crippen MR) is 69.1 cm³/mol. The lowest BCUT2D eigenvalue weighted by Gasteiger charge is -2.41. The lowest BCUT2D eigenvalue weighted by molar-refractivity contribution is 0.0975. The molecule has 0 spiro atoms. The molecular weight excluding hydrogens is 184 g/mol. The van der Waals surface area contributed by atoms with Gasteiger partial charge in [0.1, 0.15) is 0 Å². The van der Waals surface area contributed by atoms with Crippen molar-refractivity contribution in [2.45, 2.75) is 58.9 Å². The van der Waals surface area contributed by atoms with Crippen molar-refractivity contribution in [3.63, 3.8) is 0 Å². The smallest absolute Gasteiger partial charge is 0.0323 e. The Morgan fingerprint density at radius 2 is 1.73 bits per heavy atom. The molecule has 0 aromatic heterocycles. The van der Waals surface area contributed by atoms with Crippen molar-refractivity contribution in [2.75, 3.05) is 20.1 Å². The van der Waals surface area contributed by atoms with Crippen LogP contribution in [0.1, 0.15) is 53.4 Å². The van der Waals surface area contributed by atoms with Gasteiger partial charge in [0.2, 0.25) is 0 Å². The van der Waals surface area contributed by atoms with Crippen LogP contribution in [0.25, 0.3) is 0 Å². The van der Waals surface area contributed by atoms with Gasteiger partial charge in [0.05, 0.1) is 0 Å². The molecule has 0 amide bonds. The predicted octanol–water partition coefficient (Wildman–Crippen LogP) is 2.87. The molecule has 0 saturated heterocycles. The standard InChI is InChI=1S/C13H30N2/c1-6-9-12(4)10-15(5)13(7-2,8-3)11-14/h12H,6-11,14H2,1-5H3. The van der Waals surface area contributed by atoms with Gasteiger partial charge in [-0.1, -0.05) is 34.1 Å². The van der Waals surface area contributed by atoms with Gasteiger partial charge in [-0.3, -0.25) is 4.90 Å². The normalized spacial score (nSPS) is 14.6. The van der Waals surface area contributed by atoms with E-state index in [0.717, 1.165) is 25.3 Å². The van der Waals surface area contributed by atoms with E-state index >= 15 is 0 Å². The largest absolute Gasteiger partial charge is 0.329 e. The first kappa shape index (κ1) is 14.9. The van der Waals surface area contributed by atoms with Gasteiger partial charge in [0, 0.05) is 18.6 Å². The average molecular weight is 214 g/mol. The molecule has 2 nitrogen and oxygen atoms in total. The highest BCUT2D eigenvalue weighted by molar-refractivity contribution is 4.88. The summed E-state index contributed by atoms with van der Waals surface area (Å²) in [6, 6.07) is 0.